The van der Waals surface area contributed by atoms with Crippen LogP contribution in [0, 0.1) is 0 Å². The van der Waals surface area contributed by atoms with Crippen molar-refractivity contribution in [2.45, 2.75) is 45.8 Å². The minimum absolute atomic E-state index is 0.00127. The molecule has 0 bridgehead atoms. The molecule has 0 aromatic heterocycles. The first kappa shape index (κ1) is 29.5. The van der Waals surface area contributed by atoms with Crippen LogP contribution in [0.5, 0.6) is 0 Å². The molecule has 2 amide bonds. The second-order valence-electron chi connectivity index (χ2n) is 8.16. The molecule has 0 radical (unpaired) electrons. The van der Waals surface area contributed by atoms with Gasteiger partial charge in [0.2, 0.25) is 21.8 Å². The molecule has 0 aliphatic rings. The molecule has 2 rings (SSSR count). The quantitative estimate of drug-likeness (QED) is 0.406. The Morgan fingerprint density at radius 2 is 1.57 bits per heavy atom. The number of carbonyl (C=O) groups is 2. The van der Waals surface area contributed by atoms with Crippen LogP contribution < -0.4 is 9.62 Å². The molecule has 192 valence electrons. The molecule has 0 aliphatic heterocycles. The van der Waals surface area contributed by atoms with Gasteiger partial charge in [0.1, 0.15) is 12.6 Å². The third kappa shape index (κ3) is 8.43. The van der Waals surface area contributed by atoms with E-state index in [2.05, 4.69) is 5.32 Å². The van der Waals surface area contributed by atoms with E-state index in [0.29, 0.717) is 22.0 Å². The molecule has 35 heavy (non-hydrogen) atoms. The molecule has 12 heteroatoms. The number of hydrogen-bond donors (Lipinski definition) is 1. The maximum atomic E-state index is 13.5. The molecular formula is C23H27Cl4N3O4S. The normalized spacial score (nSPS) is 13.1. The van der Waals surface area contributed by atoms with Crippen molar-refractivity contribution in [3.05, 3.63) is 62.1 Å². The molecule has 7 nitrogen and oxygen atoms in total. The second-order valence-corrected chi connectivity index (χ2v) is 11.8. The highest BCUT2D eigenvalue weighted by Crippen LogP contribution is 2.28. The van der Waals surface area contributed by atoms with Gasteiger partial charge in [-0.1, -0.05) is 59.4 Å². The molecule has 0 spiro atoms. The van der Waals surface area contributed by atoms with Gasteiger partial charge in [0.25, 0.3) is 0 Å². The standard InChI is InChI=1S/C23H27Cl4N3O4S/c1-5-14(2)28-23(32)15(3)29(12-16-6-7-20(26)21(27)8-16)22(31)13-30(35(4,33)34)19-10-17(24)9-18(25)11-19/h6-11,14-15H,5,12-13H2,1-4H3,(H,28,32)/t14-,15-/m1/s1. The molecule has 1 N–H and O–H groups in total. The molecule has 0 saturated heterocycles. The Morgan fingerprint density at radius 3 is 2.09 bits per heavy atom. The monoisotopic (exact) mass is 581 g/mol. The lowest BCUT2D eigenvalue weighted by Crippen LogP contribution is -2.52. The summed E-state index contributed by atoms with van der Waals surface area (Å²) in [6.45, 7) is 4.78. The van der Waals surface area contributed by atoms with Gasteiger partial charge in [-0.25, -0.2) is 8.42 Å². The van der Waals surface area contributed by atoms with Crippen molar-refractivity contribution in [3.8, 4) is 0 Å². The van der Waals surface area contributed by atoms with E-state index in [-0.39, 0.29) is 34.2 Å². The topological polar surface area (TPSA) is 86.8 Å². The largest absolute Gasteiger partial charge is 0.352 e. The Hall–Kier alpha value is -1.71. The molecule has 2 atom stereocenters. The predicted octanol–water partition coefficient (Wildman–Crippen LogP) is 5.40. The van der Waals surface area contributed by atoms with Crippen LogP contribution in [0.3, 0.4) is 0 Å². The van der Waals surface area contributed by atoms with E-state index in [1.54, 1.807) is 25.1 Å². The van der Waals surface area contributed by atoms with Crippen LogP contribution in [0.15, 0.2) is 36.4 Å². The van der Waals surface area contributed by atoms with Crippen molar-refractivity contribution in [2.75, 3.05) is 17.1 Å². The van der Waals surface area contributed by atoms with Gasteiger partial charge in [0.15, 0.2) is 0 Å². The number of nitrogens with zero attached hydrogens (tertiary/aromatic N) is 2. The Morgan fingerprint density at radius 1 is 0.971 bits per heavy atom. The summed E-state index contributed by atoms with van der Waals surface area (Å²) in [4.78, 5) is 27.7. The first-order valence-electron chi connectivity index (χ1n) is 10.7. The van der Waals surface area contributed by atoms with E-state index in [1.165, 1.54) is 23.1 Å². The van der Waals surface area contributed by atoms with Crippen molar-refractivity contribution < 1.29 is 18.0 Å². The van der Waals surface area contributed by atoms with E-state index in [1.807, 2.05) is 13.8 Å². The van der Waals surface area contributed by atoms with Gasteiger partial charge in [-0.15, -0.1) is 0 Å². The SMILES string of the molecule is CC[C@@H](C)NC(=O)[C@@H](C)N(Cc1ccc(Cl)c(Cl)c1)C(=O)CN(c1cc(Cl)cc(Cl)c1)S(C)(=O)=O. The van der Waals surface area contributed by atoms with Crippen LogP contribution >= 0.6 is 46.4 Å². The number of anilines is 1. The summed E-state index contributed by atoms with van der Waals surface area (Å²) in [5, 5.41) is 3.91. The Bertz CT molecular complexity index is 1170. The smallest absolute Gasteiger partial charge is 0.244 e. The van der Waals surface area contributed by atoms with Gasteiger partial charge in [-0.05, 0) is 56.2 Å². The van der Waals surface area contributed by atoms with Gasteiger partial charge >= 0.3 is 0 Å². The average Bonchev–Trinajstić information content (AvgIpc) is 2.75. The van der Waals surface area contributed by atoms with Crippen LogP contribution in [0.1, 0.15) is 32.8 Å². The summed E-state index contributed by atoms with van der Waals surface area (Å²) in [5.41, 5.74) is 0.747. The number of halogens is 4. The maximum Gasteiger partial charge on any atom is 0.244 e. The van der Waals surface area contributed by atoms with E-state index < -0.39 is 28.5 Å². The highest BCUT2D eigenvalue weighted by Gasteiger charge is 2.30. The summed E-state index contributed by atoms with van der Waals surface area (Å²) in [7, 11) is -3.90. The van der Waals surface area contributed by atoms with Crippen LogP contribution in [-0.4, -0.2) is 50.0 Å². The Balaban J connectivity index is 2.44. The van der Waals surface area contributed by atoms with E-state index in [4.69, 9.17) is 46.4 Å². The van der Waals surface area contributed by atoms with Crippen LogP contribution in [0.4, 0.5) is 5.69 Å². The maximum absolute atomic E-state index is 13.5. The second kappa shape index (κ2) is 12.5. The number of sulfonamides is 1. The number of hydrogen-bond acceptors (Lipinski definition) is 4. The van der Waals surface area contributed by atoms with E-state index in [9.17, 15) is 18.0 Å². The summed E-state index contributed by atoms with van der Waals surface area (Å²) >= 11 is 24.2. The fraction of sp³-hybridized carbons (Fsp3) is 0.391. The molecule has 2 aromatic carbocycles. The number of benzene rings is 2. The van der Waals surface area contributed by atoms with Crippen molar-refractivity contribution in [2.24, 2.45) is 0 Å². The molecule has 0 aliphatic carbocycles. The molecule has 0 fully saturated rings. The van der Waals surface area contributed by atoms with E-state index >= 15 is 0 Å². The summed E-state index contributed by atoms with van der Waals surface area (Å²) in [6.07, 6.45) is 1.67. The first-order valence-corrected chi connectivity index (χ1v) is 14.1. The molecule has 0 heterocycles. The molecule has 0 saturated carbocycles. The average molecular weight is 583 g/mol. The molecular weight excluding hydrogens is 556 g/mol. The van der Waals surface area contributed by atoms with Crippen molar-refractivity contribution in [3.63, 3.8) is 0 Å². The third-order valence-corrected chi connectivity index (χ3v) is 7.64. The zero-order valence-corrected chi connectivity index (χ0v) is 23.5. The van der Waals surface area contributed by atoms with Gasteiger partial charge in [0, 0.05) is 22.6 Å². The van der Waals surface area contributed by atoms with Crippen LogP contribution in [0.2, 0.25) is 20.1 Å². The highest BCUT2D eigenvalue weighted by molar-refractivity contribution is 7.92. The van der Waals surface area contributed by atoms with Gasteiger partial charge in [-0.2, -0.15) is 0 Å². The van der Waals surface area contributed by atoms with Gasteiger partial charge < -0.3 is 10.2 Å². The summed E-state index contributed by atoms with van der Waals surface area (Å²) < 4.78 is 26.1. The minimum atomic E-state index is -3.90. The highest BCUT2D eigenvalue weighted by atomic mass is 35.5. The molecule has 0 unspecified atom stereocenters. The number of carbonyl (C=O) groups excluding carboxylic acids is 2. The van der Waals surface area contributed by atoms with Gasteiger partial charge in [-0.3, -0.25) is 13.9 Å². The Kier molecular flexibility index (Phi) is 10.5. The summed E-state index contributed by atoms with van der Waals surface area (Å²) in [5.74, 6) is -0.978. The van der Waals surface area contributed by atoms with Crippen molar-refractivity contribution >= 4 is 73.9 Å². The zero-order valence-electron chi connectivity index (χ0n) is 19.7. The van der Waals surface area contributed by atoms with Crippen molar-refractivity contribution in [1.82, 2.24) is 10.2 Å². The van der Waals surface area contributed by atoms with Crippen LogP contribution in [-0.2, 0) is 26.2 Å². The number of rotatable bonds is 10. The zero-order chi connectivity index (χ0) is 26.5. The predicted molar refractivity (Wildman–Crippen MR) is 143 cm³/mol. The molecule has 2 aromatic rings. The van der Waals surface area contributed by atoms with Crippen LogP contribution in [0.25, 0.3) is 0 Å². The number of amides is 2. The first-order chi connectivity index (χ1) is 16.2. The minimum Gasteiger partial charge on any atom is -0.352 e. The lowest BCUT2D eigenvalue weighted by molar-refractivity contribution is -0.139. The lowest BCUT2D eigenvalue weighted by Gasteiger charge is -2.32. The number of nitrogens with one attached hydrogen (secondary N) is 1. The summed E-state index contributed by atoms with van der Waals surface area (Å²) in [6, 6.07) is 8.08. The fourth-order valence-corrected chi connectivity index (χ4v) is 4.85. The van der Waals surface area contributed by atoms with E-state index in [0.717, 1.165) is 10.6 Å². The lowest BCUT2D eigenvalue weighted by atomic mass is 10.1. The fourth-order valence-electron chi connectivity index (χ4n) is 3.18. The Labute approximate surface area is 226 Å². The van der Waals surface area contributed by atoms with Gasteiger partial charge in [0.05, 0.1) is 22.0 Å². The third-order valence-electron chi connectivity index (χ3n) is 5.32. The van der Waals surface area contributed by atoms with Crippen molar-refractivity contribution in [1.29, 1.82) is 0 Å².